The molecule has 9 nitrogen and oxygen atoms in total. The van der Waals surface area contributed by atoms with Crippen LogP contribution in [0.15, 0.2) is 52.7 Å². The summed E-state index contributed by atoms with van der Waals surface area (Å²) in [7, 11) is 0. The van der Waals surface area contributed by atoms with Gasteiger partial charge in [0.1, 0.15) is 0 Å². The van der Waals surface area contributed by atoms with E-state index in [1.165, 1.54) is 18.0 Å². The van der Waals surface area contributed by atoms with Gasteiger partial charge in [-0.1, -0.05) is 41.1 Å². The minimum atomic E-state index is -0.334. The van der Waals surface area contributed by atoms with Gasteiger partial charge in [0.25, 0.3) is 11.8 Å². The van der Waals surface area contributed by atoms with Gasteiger partial charge in [0.05, 0.1) is 23.6 Å². The third-order valence-electron chi connectivity index (χ3n) is 4.71. The van der Waals surface area contributed by atoms with Crippen molar-refractivity contribution in [2.75, 3.05) is 24.3 Å². The van der Waals surface area contributed by atoms with E-state index in [0.29, 0.717) is 28.8 Å². The summed E-state index contributed by atoms with van der Waals surface area (Å²) in [6.45, 7) is 7.65. The third-order valence-corrected chi connectivity index (χ3v) is 5.84. The van der Waals surface area contributed by atoms with E-state index in [9.17, 15) is 9.59 Å². The van der Waals surface area contributed by atoms with Crippen LogP contribution in [0.2, 0.25) is 5.02 Å². The van der Waals surface area contributed by atoms with Crippen molar-refractivity contribution in [3.8, 4) is 11.5 Å². The molecular weight excluding hydrogens is 514 g/mol. The lowest BCUT2D eigenvalue weighted by molar-refractivity contribution is -0.119. The minimum absolute atomic E-state index is 0.114. The van der Waals surface area contributed by atoms with Crippen LogP contribution >= 0.6 is 23.4 Å². The van der Waals surface area contributed by atoms with Gasteiger partial charge in [-0.25, -0.2) is 15.4 Å². The number of aryl methyl sites for hydroxylation is 3. The molecule has 0 aliphatic rings. The van der Waals surface area contributed by atoms with Crippen molar-refractivity contribution < 1.29 is 19.1 Å². The van der Waals surface area contributed by atoms with Gasteiger partial charge < -0.3 is 14.8 Å². The van der Waals surface area contributed by atoms with Gasteiger partial charge in [-0.05, 0) is 63.6 Å². The maximum absolute atomic E-state index is 12.3. The van der Waals surface area contributed by atoms with Crippen LogP contribution in [0, 0.1) is 20.8 Å². The van der Waals surface area contributed by atoms with Gasteiger partial charge in [0.15, 0.2) is 23.3 Å². The van der Waals surface area contributed by atoms with E-state index in [2.05, 4.69) is 25.8 Å². The number of aromatic nitrogens is 2. The molecule has 3 aromatic rings. The zero-order valence-corrected chi connectivity index (χ0v) is 22.6. The van der Waals surface area contributed by atoms with E-state index in [4.69, 9.17) is 21.1 Å². The summed E-state index contributed by atoms with van der Waals surface area (Å²) < 4.78 is 11.3. The van der Waals surface area contributed by atoms with E-state index < -0.39 is 0 Å². The summed E-state index contributed by atoms with van der Waals surface area (Å²) in [5.41, 5.74) is 6.50. The van der Waals surface area contributed by atoms with E-state index in [1.54, 1.807) is 12.1 Å². The zero-order valence-electron chi connectivity index (χ0n) is 21.0. The molecule has 2 amide bonds. The molecule has 0 radical (unpaired) electrons. The number of hydrogen-bond acceptors (Lipinski definition) is 8. The van der Waals surface area contributed by atoms with Crippen LogP contribution in [-0.2, 0) is 9.59 Å². The highest BCUT2D eigenvalue weighted by atomic mass is 35.5. The molecule has 0 aliphatic carbocycles. The quantitative estimate of drug-likeness (QED) is 0.156. The van der Waals surface area contributed by atoms with Gasteiger partial charge in [0, 0.05) is 17.1 Å². The second-order valence-electron chi connectivity index (χ2n) is 7.98. The van der Waals surface area contributed by atoms with Crippen molar-refractivity contribution in [1.29, 1.82) is 0 Å². The molecule has 0 bridgehead atoms. The molecule has 3 rings (SSSR count). The van der Waals surface area contributed by atoms with Crippen LogP contribution in [-0.4, -0.2) is 47.0 Å². The van der Waals surface area contributed by atoms with E-state index in [0.717, 1.165) is 17.0 Å². The lowest BCUT2D eigenvalue weighted by atomic mass is 10.2. The minimum Gasteiger partial charge on any atom is -0.490 e. The summed E-state index contributed by atoms with van der Waals surface area (Å²) in [5, 5.41) is 7.53. The average Bonchev–Trinajstić information content (AvgIpc) is 2.83. The molecular formula is C26H28ClN5O4S. The SMILES string of the molecule is CCOc1cc(/C=N\NC(=O)CSc2nc(C)cc(C)n2)cc(Cl)c1OCC(=O)Nc1ccc(C)cc1. The molecule has 2 N–H and O–H groups in total. The number of nitrogens with zero attached hydrogens (tertiary/aromatic N) is 3. The molecule has 194 valence electrons. The average molecular weight is 542 g/mol. The van der Waals surface area contributed by atoms with Crippen LogP contribution in [0.5, 0.6) is 11.5 Å². The number of ether oxygens (including phenoxy) is 2. The number of hydrogen-bond donors (Lipinski definition) is 2. The van der Waals surface area contributed by atoms with Gasteiger partial charge in [-0.2, -0.15) is 5.10 Å². The molecule has 0 spiro atoms. The van der Waals surface area contributed by atoms with Crippen molar-refractivity contribution in [3.63, 3.8) is 0 Å². The zero-order chi connectivity index (χ0) is 26.8. The van der Waals surface area contributed by atoms with E-state index in [1.807, 2.05) is 58.0 Å². The first kappa shape index (κ1) is 27.9. The Labute approximate surface area is 225 Å². The fourth-order valence-corrected chi connectivity index (χ4v) is 4.15. The molecule has 0 atom stereocenters. The number of halogens is 1. The lowest BCUT2D eigenvalue weighted by Gasteiger charge is -2.14. The van der Waals surface area contributed by atoms with Crippen molar-refractivity contribution in [1.82, 2.24) is 15.4 Å². The monoisotopic (exact) mass is 541 g/mol. The number of amides is 2. The van der Waals surface area contributed by atoms with Crippen molar-refractivity contribution in [3.05, 3.63) is 70.0 Å². The first-order valence-corrected chi connectivity index (χ1v) is 12.8. The molecule has 0 fully saturated rings. The fraction of sp³-hybridized carbons (Fsp3) is 0.269. The number of carbonyl (C=O) groups is 2. The molecule has 1 heterocycles. The predicted molar refractivity (Wildman–Crippen MR) is 146 cm³/mol. The Balaban J connectivity index is 1.57. The molecule has 37 heavy (non-hydrogen) atoms. The molecule has 0 saturated carbocycles. The summed E-state index contributed by atoms with van der Waals surface area (Å²) in [6.07, 6.45) is 1.44. The van der Waals surface area contributed by atoms with Crippen molar-refractivity contribution in [2.45, 2.75) is 32.9 Å². The topological polar surface area (TPSA) is 115 Å². The van der Waals surface area contributed by atoms with Crippen LogP contribution in [0.4, 0.5) is 5.69 Å². The van der Waals surface area contributed by atoms with Crippen LogP contribution < -0.4 is 20.2 Å². The summed E-state index contributed by atoms with van der Waals surface area (Å²) in [4.78, 5) is 33.1. The highest BCUT2D eigenvalue weighted by Gasteiger charge is 2.14. The van der Waals surface area contributed by atoms with Gasteiger partial charge >= 0.3 is 0 Å². The predicted octanol–water partition coefficient (Wildman–Crippen LogP) is 4.71. The Hall–Kier alpha value is -3.63. The number of carbonyl (C=O) groups excluding carboxylic acids is 2. The summed E-state index contributed by atoms with van der Waals surface area (Å²) in [6, 6.07) is 12.6. The van der Waals surface area contributed by atoms with E-state index >= 15 is 0 Å². The summed E-state index contributed by atoms with van der Waals surface area (Å²) in [5.74, 6) is 0.0735. The van der Waals surface area contributed by atoms with Gasteiger partial charge in [-0.3, -0.25) is 9.59 Å². The molecule has 1 aromatic heterocycles. The molecule has 0 aliphatic heterocycles. The second kappa shape index (κ2) is 13.6. The van der Waals surface area contributed by atoms with Crippen LogP contribution in [0.1, 0.15) is 29.4 Å². The van der Waals surface area contributed by atoms with Crippen molar-refractivity contribution in [2.24, 2.45) is 5.10 Å². The molecule has 0 unspecified atom stereocenters. The number of nitrogens with one attached hydrogen (secondary N) is 2. The Morgan fingerprint density at radius 3 is 2.41 bits per heavy atom. The maximum atomic E-state index is 12.3. The van der Waals surface area contributed by atoms with Crippen LogP contribution in [0.3, 0.4) is 0 Å². The molecule has 0 saturated heterocycles. The highest BCUT2D eigenvalue weighted by Crippen LogP contribution is 2.36. The number of thioether (sulfide) groups is 1. The molecule has 2 aromatic carbocycles. The summed E-state index contributed by atoms with van der Waals surface area (Å²) >= 11 is 7.64. The van der Waals surface area contributed by atoms with Gasteiger partial charge in [0.2, 0.25) is 0 Å². The smallest absolute Gasteiger partial charge is 0.262 e. The van der Waals surface area contributed by atoms with Crippen LogP contribution in [0.25, 0.3) is 0 Å². The van der Waals surface area contributed by atoms with E-state index in [-0.39, 0.29) is 34.9 Å². The second-order valence-corrected chi connectivity index (χ2v) is 9.33. The largest absolute Gasteiger partial charge is 0.490 e. The van der Waals surface area contributed by atoms with Gasteiger partial charge in [-0.15, -0.1) is 0 Å². The Morgan fingerprint density at radius 1 is 1.03 bits per heavy atom. The van der Waals surface area contributed by atoms with Crippen molar-refractivity contribution >= 4 is 47.1 Å². The number of rotatable bonds is 11. The standard InChI is InChI=1S/C26H28ClN5O4S/c1-5-35-22-12-19(13-28-32-24(34)15-37-26-29-17(3)10-18(4)30-26)11-21(27)25(22)36-14-23(33)31-20-8-6-16(2)7-9-20/h6-13H,5,14-15H2,1-4H3,(H,31,33)(H,32,34)/b28-13-. The lowest BCUT2D eigenvalue weighted by Crippen LogP contribution is -2.20. The Kier molecular flexibility index (Phi) is 10.3. The number of anilines is 1. The molecule has 11 heteroatoms. The Bertz CT molecular complexity index is 1260. The normalized spacial score (nSPS) is 10.8. The highest BCUT2D eigenvalue weighted by molar-refractivity contribution is 7.99. The number of hydrazone groups is 1. The number of benzene rings is 2. The Morgan fingerprint density at radius 2 is 1.73 bits per heavy atom. The maximum Gasteiger partial charge on any atom is 0.262 e. The third kappa shape index (κ3) is 9.07. The fourth-order valence-electron chi connectivity index (χ4n) is 3.14. The first-order valence-electron chi connectivity index (χ1n) is 11.5. The first-order chi connectivity index (χ1) is 17.7.